The van der Waals surface area contributed by atoms with Gasteiger partial charge in [-0.3, -0.25) is 14.4 Å². The summed E-state index contributed by atoms with van der Waals surface area (Å²) in [4.78, 5) is 52.4. The number of hydrogen-bond donors (Lipinski definition) is 4. The van der Waals surface area contributed by atoms with E-state index in [1.54, 1.807) is 0 Å². The Morgan fingerprint density at radius 1 is 0.909 bits per heavy atom. The molecule has 33 heavy (non-hydrogen) atoms. The molecule has 2 aromatic rings. The molecule has 0 fully saturated rings. The van der Waals surface area contributed by atoms with Crippen molar-refractivity contribution in [2.24, 2.45) is 11.8 Å². The Hall–Kier alpha value is -3.16. The van der Waals surface area contributed by atoms with Gasteiger partial charge in [0.15, 0.2) is 0 Å². The average molecular weight is 457 g/mol. The van der Waals surface area contributed by atoms with Crippen LogP contribution >= 0.6 is 0 Å². The van der Waals surface area contributed by atoms with Gasteiger partial charge >= 0.3 is 0 Å². The van der Waals surface area contributed by atoms with Crippen molar-refractivity contribution in [3.05, 3.63) is 36.0 Å². The Kier molecular flexibility index (Phi) is 9.63. The van der Waals surface area contributed by atoms with Crippen molar-refractivity contribution in [1.82, 2.24) is 20.9 Å². The number of para-hydroxylation sites is 1. The third-order valence-electron chi connectivity index (χ3n) is 5.35. The van der Waals surface area contributed by atoms with Crippen molar-refractivity contribution >= 4 is 34.9 Å². The normalized spacial score (nSPS) is 14.0. The van der Waals surface area contributed by atoms with Gasteiger partial charge in [-0.25, -0.2) is 0 Å². The molecule has 2 rings (SSSR count). The lowest BCUT2D eigenvalue weighted by Gasteiger charge is -2.25. The minimum absolute atomic E-state index is 0.133. The molecule has 0 aliphatic heterocycles. The molecular weight excluding hydrogens is 420 g/mol. The van der Waals surface area contributed by atoms with Gasteiger partial charge in [-0.05, 0) is 36.3 Å². The summed E-state index contributed by atoms with van der Waals surface area (Å²) < 4.78 is 0. The van der Waals surface area contributed by atoms with Gasteiger partial charge < -0.3 is 25.7 Å². The number of carbonyl (C=O) groups excluding carboxylic acids is 4. The summed E-state index contributed by atoms with van der Waals surface area (Å²) in [5.74, 6) is -0.811. The second-order valence-electron chi connectivity index (χ2n) is 9.39. The van der Waals surface area contributed by atoms with Crippen molar-refractivity contribution in [1.29, 1.82) is 0 Å². The van der Waals surface area contributed by atoms with Crippen molar-refractivity contribution in [3.63, 3.8) is 0 Å². The van der Waals surface area contributed by atoms with Gasteiger partial charge in [0.05, 0.1) is 6.04 Å². The van der Waals surface area contributed by atoms with E-state index >= 15 is 0 Å². The van der Waals surface area contributed by atoms with Crippen LogP contribution in [0.15, 0.2) is 30.5 Å². The van der Waals surface area contributed by atoms with E-state index in [1.165, 1.54) is 6.92 Å². The average Bonchev–Trinajstić information content (AvgIpc) is 3.14. The fourth-order valence-electron chi connectivity index (χ4n) is 3.88. The number of amides is 3. The van der Waals surface area contributed by atoms with Crippen LogP contribution in [0.25, 0.3) is 10.9 Å². The van der Waals surface area contributed by atoms with Crippen LogP contribution in [0.2, 0.25) is 0 Å². The van der Waals surface area contributed by atoms with Gasteiger partial charge in [0.25, 0.3) is 0 Å². The number of H-pyrrole nitrogens is 1. The Labute approximate surface area is 195 Å². The Bertz CT molecular complexity index is 966. The molecule has 0 unspecified atom stereocenters. The largest absolute Gasteiger partial charge is 0.361 e. The Morgan fingerprint density at radius 2 is 1.48 bits per heavy atom. The molecule has 0 aliphatic rings. The van der Waals surface area contributed by atoms with Crippen LogP contribution in [0.1, 0.15) is 53.0 Å². The number of nitrogens with one attached hydrogen (secondary N) is 4. The number of fused-ring (bicyclic) bond motifs is 1. The summed E-state index contributed by atoms with van der Waals surface area (Å²) in [5.41, 5.74) is 1.89. The van der Waals surface area contributed by atoms with Crippen LogP contribution in [0, 0.1) is 11.8 Å². The highest BCUT2D eigenvalue weighted by atomic mass is 16.2. The molecule has 4 N–H and O–H groups in total. The summed E-state index contributed by atoms with van der Waals surface area (Å²) in [5, 5.41) is 9.23. The fourth-order valence-corrected chi connectivity index (χ4v) is 3.88. The number of rotatable bonds is 12. The Balaban J connectivity index is 2.11. The molecule has 0 radical (unpaired) electrons. The molecule has 1 aromatic heterocycles. The number of aromatic amines is 1. The zero-order valence-corrected chi connectivity index (χ0v) is 20.1. The molecule has 0 aliphatic carbocycles. The van der Waals surface area contributed by atoms with E-state index in [-0.39, 0.29) is 17.7 Å². The van der Waals surface area contributed by atoms with Crippen LogP contribution in [0.4, 0.5) is 0 Å². The molecule has 0 bridgehead atoms. The maximum absolute atomic E-state index is 13.1. The van der Waals surface area contributed by atoms with Gasteiger partial charge in [0, 0.05) is 30.4 Å². The SMILES string of the molecule is CC(=O)N[C@@H](CC(C)C)C(=O)N[C@H](CC(C)C)C(=O)N[C@@H](C=O)Cc1c[nH]c2ccccc12. The van der Waals surface area contributed by atoms with Gasteiger partial charge in [0.2, 0.25) is 17.7 Å². The molecule has 0 spiro atoms. The van der Waals surface area contributed by atoms with Gasteiger partial charge in [-0.15, -0.1) is 0 Å². The smallest absolute Gasteiger partial charge is 0.243 e. The first-order valence-electron chi connectivity index (χ1n) is 11.5. The molecule has 1 heterocycles. The Morgan fingerprint density at radius 3 is 2.06 bits per heavy atom. The first-order valence-corrected chi connectivity index (χ1v) is 11.5. The summed E-state index contributed by atoms with van der Waals surface area (Å²) in [6, 6.07) is 5.49. The predicted molar refractivity (Wildman–Crippen MR) is 128 cm³/mol. The van der Waals surface area contributed by atoms with Crippen molar-refractivity contribution in [2.45, 2.75) is 72.0 Å². The lowest BCUT2D eigenvalue weighted by molar-refractivity contribution is -0.132. The molecule has 8 nitrogen and oxygen atoms in total. The first kappa shape index (κ1) is 26.1. The minimum atomic E-state index is -0.814. The quantitative estimate of drug-likeness (QED) is 0.367. The highest BCUT2D eigenvalue weighted by Gasteiger charge is 2.28. The highest BCUT2D eigenvalue weighted by molar-refractivity contribution is 5.92. The molecule has 8 heteroatoms. The van der Waals surface area contributed by atoms with E-state index in [4.69, 9.17) is 0 Å². The minimum Gasteiger partial charge on any atom is -0.361 e. The summed E-state index contributed by atoms with van der Waals surface area (Å²) in [7, 11) is 0. The number of aromatic nitrogens is 1. The van der Waals surface area contributed by atoms with Crippen molar-refractivity contribution < 1.29 is 19.2 Å². The fraction of sp³-hybridized carbons (Fsp3) is 0.520. The van der Waals surface area contributed by atoms with Crippen LogP contribution < -0.4 is 16.0 Å². The van der Waals surface area contributed by atoms with Crippen LogP contribution in [0.3, 0.4) is 0 Å². The summed E-state index contributed by atoms with van der Waals surface area (Å²) >= 11 is 0. The van der Waals surface area contributed by atoms with E-state index in [0.29, 0.717) is 25.5 Å². The predicted octanol–water partition coefficient (Wildman–Crippen LogP) is 2.48. The number of carbonyl (C=O) groups is 4. The zero-order valence-electron chi connectivity index (χ0n) is 20.1. The maximum Gasteiger partial charge on any atom is 0.243 e. The first-order chi connectivity index (χ1) is 15.6. The van der Waals surface area contributed by atoms with Crippen molar-refractivity contribution in [2.75, 3.05) is 0 Å². The molecule has 3 atom stereocenters. The monoisotopic (exact) mass is 456 g/mol. The molecule has 0 saturated heterocycles. The lowest BCUT2D eigenvalue weighted by Crippen LogP contribution is -2.55. The van der Waals surface area contributed by atoms with E-state index in [2.05, 4.69) is 20.9 Å². The number of benzene rings is 1. The van der Waals surface area contributed by atoms with Gasteiger partial charge in [0.1, 0.15) is 18.4 Å². The molecule has 3 amide bonds. The molecule has 0 saturated carbocycles. The van der Waals surface area contributed by atoms with E-state index < -0.39 is 29.9 Å². The van der Waals surface area contributed by atoms with E-state index in [0.717, 1.165) is 16.5 Å². The maximum atomic E-state index is 13.1. The molecule has 180 valence electrons. The number of hydrogen-bond acceptors (Lipinski definition) is 4. The second-order valence-corrected chi connectivity index (χ2v) is 9.39. The van der Waals surface area contributed by atoms with Crippen LogP contribution in [-0.4, -0.2) is 47.1 Å². The number of aldehydes is 1. The summed E-state index contributed by atoms with van der Waals surface area (Å²) in [6.07, 6.45) is 3.75. The molecule has 1 aromatic carbocycles. The lowest BCUT2D eigenvalue weighted by atomic mass is 9.99. The van der Waals surface area contributed by atoms with Crippen molar-refractivity contribution in [3.8, 4) is 0 Å². The third-order valence-corrected chi connectivity index (χ3v) is 5.35. The standard InChI is InChI=1S/C25H36N4O4/c1-15(2)10-22(27-17(5)31)25(33)29-23(11-16(3)4)24(32)28-19(14-30)12-18-13-26-21-9-7-6-8-20(18)21/h6-9,13-16,19,22-23,26H,10-12H2,1-5H3,(H,27,31)(H,28,32)(H,29,33)/t19-,22+,23-/m1/s1. The van der Waals surface area contributed by atoms with Crippen LogP contribution in [0.5, 0.6) is 0 Å². The second kappa shape index (κ2) is 12.2. The zero-order chi connectivity index (χ0) is 24.5. The van der Waals surface area contributed by atoms with E-state index in [9.17, 15) is 19.2 Å². The highest BCUT2D eigenvalue weighted by Crippen LogP contribution is 2.19. The topological polar surface area (TPSA) is 120 Å². The van der Waals surface area contributed by atoms with E-state index in [1.807, 2.05) is 58.2 Å². The van der Waals surface area contributed by atoms with Gasteiger partial charge in [-0.2, -0.15) is 0 Å². The van der Waals surface area contributed by atoms with Gasteiger partial charge in [-0.1, -0.05) is 45.9 Å². The third kappa shape index (κ3) is 8.04. The summed E-state index contributed by atoms with van der Waals surface area (Å²) in [6.45, 7) is 9.18. The van der Waals surface area contributed by atoms with Crippen LogP contribution in [-0.2, 0) is 25.6 Å². The molecular formula is C25H36N4O4.